The van der Waals surface area contributed by atoms with Crippen molar-refractivity contribution in [3.63, 3.8) is 0 Å². The number of para-hydroxylation sites is 1. The Hall–Kier alpha value is -4.50. The molecule has 1 N–H and O–H groups in total. The number of sulfonamides is 1. The molecular formula is C30H28FN3O4S. The SMILES string of the molecule is Cc1ccc(COc2ccc(/C=N/NC(=O)CN(c3ccccc3F)S(=O)(=O)c3ccc(C)cc3)cc2)cc1. The zero-order chi connectivity index (χ0) is 27.8. The standard InChI is InChI=1S/C30H28FN3O4S/c1-22-7-11-25(12-8-22)21-38-26-15-13-24(14-16-26)19-32-33-30(35)20-34(29-6-4-3-5-28(29)31)39(36,37)27-17-9-23(2)10-18-27/h3-19H,20-21H2,1-2H3,(H,33,35)/b32-19+. The van der Waals surface area contributed by atoms with Gasteiger partial charge in [0.1, 0.15) is 24.7 Å². The Kier molecular flexibility index (Phi) is 8.73. The molecule has 0 aromatic heterocycles. The first kappa shape index (κ1) is 27.5. The van der Waals surface area contributed by atoms with Crippen molar-refractivity contribution in [2.24, 2.45) is 5.10 Å². The zero-order valence-electron chi connectivity index (χ0n) is 21.5. The number of halogens is 1. The van der Waals surface area contributed by atoms with Crippen LogP contribution in [0.3, 0.4) is 0 Å². The highest BCUT2D eigenvalue weighted by molar-refractivity contribution is 7.92. The van der Waals surface area contributed by atoms with E-state index in [1.54, 1.807) is 36.4 Å². The number of anilines is 1. The normalized spacial score (nSPS) is 11.4. The van der Waals surface area contributed by atoms with Gasteiger partial charge < -0.3 is 4.74 Å². The van der Waals surface area contributed by atoms with Gasteiger partial charge in [-0.25, -0.2) is 18.2 Å². The second kappa shape index (κ2) is 12.4. The van der Waals surface area contributed by atoms with Crippen molar-refractivity contribution in [1.29, 1.82) is 0 Å². The fourth-order valence-electron chi connectivity index (χ4n) is 3.64. The van der Waals surface area contributed by atoms with Crippen molar-refractivity contribution in [3.8, 4) is 5.75 Å². The molecule has 0 aliphatic heterocycles. The topological polar surface area (TPSA) is 88.1 Å². The fraction of sp³-hybridized carbons (Fsp3) is 0.133. The second-order valence-corrected chi connectivity index (χ2v) is 10.8. The van der Waals surface area contributed by atoms with E-state index in [0.717, 1.165) is 21.5 Å². The van der Waals surface area contributed by atoms with Crippen molar-refractivity contribution >= 4 is 27.8 Å². The number of nitrogens with one attached hydrogen (secondary N) is 1. The molecule has 4 aromatic carbocycles. The molecule has 39 heavy (non-hydrogen) atoms. The summed E-state index contributed by atoms with van der Waals surface area (Å²) in [4.78, 5) is 12.6. The third-order valence-electron chi connectivity index (χ3n) is 5.83. The Morgan fingerprint density at radius 2 is 1.51 bits per heavy atom. The summed E-state index contributed by atoms with van der Waals surface area (Å²) in [5, 5.41) is 3.93. The summed E-state index contributed by atoms with van der Waals surface area (Å²) in [6.07, 6.45) is 1.42. The number of hydrogen-bond donors (Lipinski definition) is 1. The number of hydrogen-bond acceptors (Lipinski definition) is 5. The molecule has 0 spiro atoms. The Morgan fingerprint density at radius 1 is 0.897 bits per heavy atom. The highest BCUT2D eigenvalue weighted by Crippen LogP contribution is 2.26. The molecule has 7 nitrogen and oxygen atoms in total. The van der Waals surface area contributed by atoms with E-state index in [0.29, 0.717) is 17.9 Å². The van der Waals surface area contributed by atoms with Gasteiger partial charge in [0.25, 0.3) is 15.9 Å². The maximum atomic E-state index is 14.6. The predicted octanol–water partition coefficient (Wildman–Crippen LogP) is 5.37. The van der Waals surface area contributed by atoms with Gasteiger partial charge in [0, 0.05) is 0 Å². The van der Waals surface area contributed by atoms with Gasteiger partial charge in [-0.15, -0.1) is 0 Å². The maximum Gasteiger partial charge on any atom is 0.264 e. The summed E-state index contributed by atoms with van der Waals surface area (Å²) in [5.41, 5.74) is 5.88. The summed E-state index contributed by atoms with van der Waals surface area (Å²) in [6.45, 7) is 3.62. The quantitative estimate of drug-likeness (QED) is 0.215. The average Bonchev–Trinajstić information content (AvgIpc) is 2.93. The Bertz CT molecular complexity index is 1550. The van der Waals surface area contributed by atoms with Gasteiger partial charge in [-0.1, -0.05) is 59.7 Å². The van der Waals surface area contributed by atoms with E-state index < -0.39 is 28.3 Å². The monoisotopic (exact) mass is 545 g/mol. The molecule has 4 aromatic rings. The van der Waals surface area contributed by atoms with E-state index >= 15 is 0 Å². The van der Waals surface area contributed by atoms with Crippen LogP contribution in [0.1, 0.15) is 22.3 Å². The van der Waals surface area contributed by atoms with Crippen LogP contribution in [0, 0.1) is 19.7 Å². The molecule has 0 bridgehead atoms. The fourth-order valence-corrected chi connectivity index (χ4v) is 5.07. The van der Waals surface area contributed by atoms with E-state index in [-0.39, 0.29) is 10.6 Å². The minimum Gasteiger partial charge on any atom is -0.489 e. The van der Waals surface area contributed by atoms with Gasteiger partial charge in [0.05, 0.1) is 16.8 Å². The number of rotatable bonds is 10. The average molecular weight is 546 g/mol. The van der Waals surface area contributed by atoms with Crippen LogP contribution in [-0.2, 0) is 21.4 Å². The molecule has 4 rings (SSSR count). The van der Waals surface area contributed by atoms with E-state index in [9.17, 15) is 17.6 Å². The van der Waals surface area contributed by atoms with Crippen LogP contribution in [0.25, 0.3) is 0 Å². The molecule has 0 unspecified atom stereocenters. The first-order valence-corrected chi connectivity index (χ1v) is 13.6. The minimum atomic E-state index is -4.23. The predicted molar refractivity (Wildman–Crippen MR) is 150 cm³/mol. The summed E-state index contributed by atoms with van der Waals surface area (Å²) in [6, 6.07) is 26.7. The number of aryl methyl sites for hydroxylation is 2. The Balaban J connectivity index is 1.41. The van der Waals surface area contributed by atoms with E-state index in [4.69, 9.17) is 4.74 Å². The van der Waals surface area contributed by atoms with Crippen molar-refractivity contribution in [2.45, 2.75) is 25.3 Å². The van der Waals surface area contributed by atoms with E-state index in [2.05, 4.69) is 10.5 Å². The molecule has 0 saturated heterocycles. The van der Waals surface area contributed by atoms with Crippen LogP contribution in [0.2, 0.25) is 0 Å². The minimum absolute atomic E-state index is 0.0580. The van der Waals surface area contributed by atoms with Crippen molar-refractivity contribution in [2.75, 3.05) is 10.8 Å². The summed E-state index contributed by atoms with van der Waals surface area (Å²) < 4.78 is 47.8. The van der Waals surface area contributed by atoms with Gasteiger partial charge in [-0.05, 0) is 73.5 Å². The van der Waals surface area contributed by atoms with Crippen LogP contribution < -0.4 is 14.5 Å². The molecule has 9 heteroatoms. The number of ether oxygens (including phenoxy) is 1. The summed E-state index contributed by atoms with van der Waals surface area (Å²) in [7, 11) is -4.23. The third-order valence-corrected chi connectivity index (χ3v) is 7.60. The molecule has 200 valence electrons. The number of carbonyl (C=O) groups is 1. The van der Waals surface area contributed by atoms with Crippen LogP contribution >= 0.6 is 0 Å². The smallest absolute Gasteiger partial charge is 0.264 e. The van der Waals surface area contributed by atoms with Crippen molar-refractivity contribution < 1.29 is 22.3 Å². The molecule has 0 aliphatic carbocycles. The molecule has 0 saturated carbocycles. The molecular weight excluding hydrogens is 517 g/mol. The number of benzene rings is 4. The van der Waals surface area contributed by atoms with Gasteiger partial charge in [0.2, 0.25) is 0 Å². The highest BCUT2D eigenvalue weighted by atomic mass is 32.2. The molecule has 0 atom stereocenters. The van der Waals surface area contributed by atoms with Crippen LogP contribution in [-0.4, -0.2) is 27.1 Å². The van der Waals surface area contributed by atoms with Crippen molar-refractivity contribution in [1.82, 2.24) is 5.43 Å². The molecule has 0 fully saturated rings. The van der Waals surface area contributed by atoms with E-state index in [1.807, 2.05) is 38.1 Å². The van der Waals surface area contributed by atoms with Crippen molar-refractivity contribution in [3.05, 3.63) is 125 Å². The van der Waals surface area contributed by atoms with Gasteiger partial charge in [0.15, 0.2) is 0 Å². The molecule has 0 heterocycles. The van der Waals surface area contributed by atoms with Gasteiger partial charge >= 0.3 is 0 Å². The van der Waals surface area contributed by atoms with Gasteiger partial charge in [-0.3, -0.25) is 9.10 Å². The number of hydrazone groups is 1. The van der Waals surface area contributed by atoms with Gasteiger partial charge in [-0.2, -0.15) is 5.10 Å². The lowest BCUT2D eigenvalue weighted by Gasteiger charge is -2.24. The molecule has 1 amide bonds. The lowest BCUT2D eigenvalue weighted by atomic mass is 10.2. The molecule has 0 radical (unpaired) electrons. The maximum absolute atomic E-state index is 14.6. The summed E-state index contributed by atoms with van der Waals surface area (Å²) in [5.74, 6) is -0.823. The second-order valence-electron chi connectivity index (χ2n) is 8.91. The zero-order valence-corrected chi connectivity index (χ0v) is 22.4. The first-order chi connectivity index (χ1) is 18.7. The van der Waals surface area contributed by atoms with E-state index in [1.165, 1.54) is 42.1 Å². The lowest BCUT2D eigenvalue weighted by Crippen LogP contribution is -2.40. The molecule has 0 aliphatic rings. The third kappa shape index (κ3) is 7.30. The summed E-state index contributed by atoms with van der Waals surface area (Å²) >= 11 is 0. The number of carbonyl (C=O) groups excluding carboxylic acids is 1. The van der Waals surface area contributed by atoms with Crippen LogP contribution in [0.5, 0.6) is 5.75 Å². The number of nitrogens with zero attached hydrogens (tertiary/aromatic N) is 2. The van der Waals surface area contributed by atoms with Crippen LogP contribution in [0.15, 0.2) is 107 Å². The Morgan fingerprint density at radius 3 is 2.15 bits per heavy atom. The largest absolute Gasteiger partial charge is 0.489 e. The number of amides is 1. The highest BCUT2D eigenvalue weighted by Gasteiger charge is 2.29. The Labute approximate surface area is 227 Å². The first-order valence-electron chi connectivity index (χ1n) is 12.2. The van der Waals surface area contributed by atoms with Crippen LogP contribution in [0.4, 0.5) is 10.1 Å². The lowest BCUT2D eigenvalue weighted by molar-refractivity contribution is -0.119.